The largest absolute Gasteiger partial charge is 0.354 e. The minimum Gasteiger partial charge on any atom is -0.354 e. The van der Waals surface area contributed by atoms with Crippen molar-refractivity contribution in [3.8, 4) is 5.82 Å². The van der Waals surface area contributed by atoms with E-state index in [1.807, 2.05) is 18.2 Å². The molecule has 4 aromatic rings. The number of hydrogen-bond acceptors (Lipinski definition) is 6. The number of sulfonamides is 1. The Morgan fingerprint density at radius 3 is 2.64 bits per heavy atom. The SMILES string of the molecule is NS(=O)(=O)c1ccc2ncn(-c3ccnc(NCCc4ccccc4)n3)c2c1. The summed E-state index contributed by atoms with van der Waals surface area (Å²) in [4.78, 5) is 13.1. The Morgan fingerprint density at radius 2 is 1.86 bits per heavy atom. The molecule has 0 aliphatic rings. The van der Waals surface area contributed by atoms with E-state index in [1.54, 1.807) is 29.2 Å². The monoisotopic (exact) mass is 394 g/mol. The van der Waals surface area contributed by atoms with E-state index in [9.17, 15) is 8.42 Å². The van der Waals surface area contributed by atoms with Crippen molar-refractivity contribution in [2.24, 2.45) is 5.14 Å². The molecule has 2 aromatic heterocycles. The highest BCUT2D eigenvalue weighted by molar-refractivity contribution is 7.89. The van der Waals surface area contributed by atoms with Crippen molar-refractivity contribution in [3.05, 3.63) is 72.7 Å². The van der Waals surface area contributed by atoms with E-state index in [-0.39, 0.29) is 4.90 Å². The van der Waals surface area contributed by atoms with Crippen LogP contribution in [0, 0.1) is 0 Å². The lowest BCUT2D eigenvalue weighted by Crippen LogP contribution is -2.12. The molecular formula is C19H18N6O2S. The van der Waals surface area contributed by atoms with Gasteiger partial charge >= 0.3 is 0 Å². The van der Waals surface area contributed by atoms with Crippen LogP contribution in [-0.2, 0) is 16.4 Å². The highest BCUT2D eigenvalue weighted by atomic mass is 32.2. The number of nitrogens with zero attached hydrogens (tertiary/aromatic N) is 4. The van der Waals surface area contributed by atoms with E-state index >= 15 is 0 Å². The number of aromatic nitrogens is 4. The van der Waals surface area contributed by atoms with Gasteiger partial charge in [0, 0.05) is 12.7 Å². The van der Waals surface area contributed by atoms with Gasteiger partial charge in [0.05, 0.1) is 15.9 Å². The smallest absolute Gasteiger partial charge is 0.238 e. The van der Waals surface area contributed by atoms with Crippen molar-refractivity contribution >= 4 is 27.0 Å². The summed E-state index contributed by atoms with van der Waals surface area (Å²) in [5, 5.41) is 8.45. The van der Waals surface area contributed by atoms with Crippen LogP contribution in [0.1, 0.15) is 5.56 Å². The maximum absolute atomic E-state index is 11.6. The van der Waals surface area contributed by atoms with Gasteiger partial charge in [-0.3, -0.25) is 4.57 Å². The standard InChI is InChI=1S/C19H18N6O2S/c20-28(26,27)15-6-7-16-17(12-15)25(13-23-16)18-9-11-22-19(24-18)21-10-8-14-4-2-1-3-5-14/h1-7,9,11-13H,8,10H2,(H2,20,26,27)(H,21,22,24). The third-order valence-corrected chi connectivity index (χ3v) is 5.19. The molecular weight excluding hydrogens is 376 g/mol. The quantitative estimate of drug-likeness (QED) is 0.517. The molecule has 3 N–H and O–H groups in total. The summed E-state index contributed by atoms with van der Waals surface area (Å²) in [6.07, 6.45) is 4.08. The van der Waals surface area contributed by atoms with E-state index in [4.69, 9.17) is 5.14 Å². The van der Waals surface area contributed by atoms with Crippen molar-refractivity contribution in [3.63, 3.8) is 0 Å². The molecule has 0 saturated carbocycles. The van der Waals surface area contributed by atoms with Crippen LogP contribution < -0.4 is 10.5 Å². The van der Waals surface area contributed by atoms with E-state index in [0.29, 0.717) is 29.3 Å². The number of nitrogens with two attached hydrogens (primary N) is 1. The first-order chi connectivity index (χ1) is 13.5. The number of imidazole rings is 1. The molecule has 9 heteroatoms. The fraction of sp³-hybridized carbons (Fsp3) is 0.105. The van der Waals surface area contributed by atoms with E-state index < -0.39 is 10.0 Å². The second-order valence-corrected chi connectivity index (χ2v) is 7.77. The number of nitrogens with one attached hydrogen (secondary N) is 1. The second kappa shape index (κ2) is 7.37. The van der Waals surface area contributed by atoms with Crippen LogP contribution in [-0.4, -0.2) is 34.5 Å². The Balaban J connectivity index is 1.59. The normalized spacial score (nSPS) is 11.6. The van der Waals surface area contributed by atoms with Gasteiger partial charge in [-0.1, -0.05) is 30.3 Å². The Kier molecular flexibility index (Phi) is 4.76. The Hall–Kier alpha value is -3.30. The second-order valence-electron chi connectivity index (χ2n) is 6.21. The number of fused-ring (bicyclic) bond motifs is 1. The van der Waals surface area contributed by atoms with Crippen LogP contribution in [0.15, 0.2) is 72.0 Å². The molecule has 4 rings (SSSR count). The molecule has 0 aliphatic carbocycles. The highest BCUT2D eigenvalue weighted by Gasteiger charge is 2.13. The van der Waals surface area contributed by atoms with Crippen LogP contribution >= 0.6 is 0 Å². The molecule has 2 heterocycles. The predicted molar refractivity (Wildman–Crippen MR) is 107 cm³/mol. The topological polar surface area (TPSA) is 116 Å². The van der Waals surface area contributed by atoms with Crippen molar-refractivity contribution in [2.45, 2.75) is 11.3 Å². The Labute approximate surface area is 162 Å². The third kappa shape index (κ3) is 3.85. The van der Waals surface area contributed by atoms with Crippen molar-refractivity contribution in [2.75, 3.05) is 11.9 Å². The minimum absolute atomic E-state index is 0.0250. The number of benzene rings is 2. The van der Waals surface area contributed by atoms with Crippen LogP contribution in [0.3, 0.4) is 0 Å². The van der Waals surface area contributed by atoms with E-state index in [0.717, 1.165) is 6.42 Å². The third-order valence-electron chi connectivity index (χ3n) is 4.27. The van der Waals surface area contributed by atoms with Gasteiger partial charge in [0.2, 0.25) is 16.0 Å². The fourth-order valence-corrected chi connectivity index (χ4v) is 3.41. The number of hydrogen-bond donors (Lipinski definition) is 2. The number of primary sulfonamides is 1. The van der Waals surface area contributed by atoms with Gasteiger partial charge in [-0.15, -0.1) is 0 Å². The molecule has 28 heavy (non-hydrogen) atoms. The van der Waals surface area contributed by atoms with Gasteiger partial charge in [0.25, 0.3) is 0 Å². The first-order valence-electron chi connectivity index (χ1n) is 8.62. The van der Waals surface area contributed by atoms with Gasteiger partial charge in [0.15, 0.2) is 0 Å². The van der Waals surface area contributed by atoms with Crippen molar-refractivity contribution in [1.29, 1.82) is 0 Å². The summed E-state index contributed by atoms with van der Waals surface area (Å²) in [6, 6.07) is 16.4. The zero-order chi connectivity index (χ0) is 19.6. The van der Waals surface area contributed by atoms with Crippen LogP contribution in [0.5, 0.6) is 0 Å². The highest BCUT2D eigenvalue weighted by Crippen LogP contribution is 2.20. The molecule has 0 aliphatic heterocycles. The summed E-state index contributed by atoms with van der Waals surface area (Å²) >= 11 is 0. The maximum atomic E-state index is 11.6. The van der Waals surface area contributed by atoms with Gasteiger partial charge in [0.1, 0.15) is 12.1 Å². The molecule has 0 amide bonds. The maximum Gasteiger partial charge on any atom is 0.238 e. The van der Waals surface area contributed by atoms with Crippen LogP contribution in [0.25, 0.3) is 16.9 Å². The van der Waals surface area contributed by atoms with Crippen LogP contribution in [0.2, 0.25) is 0 Å². The zero-order valence-electron chi connectivity index (χ0n) is 14.9. The Morgan fingerprint density at radius 1 is 1.04 bits per heavy atom. The van der Waals surface area contributed by atoms with E-state index in [2.05, 4.69) is 32.4 Å². The Bertz CT molecular complexity index is 1220. The summed E-state index contributed by atoms with van der Waals surface area (Å²) < 4.78 is 25.0. The lowest BCUT2D eigenvalue weighted by molar-refractivity contribution is 0.598. The predicted octanol–water partition coefficient (Wildman–Crippen LogP) is 2.12. The number of rotatable bonds is 6. The van der Waals surface area contributed by atoms with Crippen molar-refractivity contribution in [1.82, 2.24) is 19.5 Å². The molecule has 142 valence electrons. The minimum atomic E-state index is -3.80. The molecule has 0 saturated heterocycles. The summed E-state index contributed by atoms with van der Waals surface area (Å²) in [5.74, 6) is 1.06. The molecule has 0 fully saturated rings. The molecule has 2 aromatic carbocycles. The average Bonchev–Trinajstić information content (AvgIpc) is 3.12. The fourth-order valence-electron chi connectivity index (χ4n) is 2.88. The molecule has 0 bridgehead atoms. The summed E-state index contributed by atoms with van der Waals surface area (Å²) in [5.41, 5.74) is 2.47. The van der Waals surface area contributed by atoms with E-state index in [1.165, 1.54) is 17.7 Å². The summed E-state index contributed by atoms with van der Waals surface area (Å²) in [7, 11) is -3.80. The number of anilines is 1. The lowest BCUT2D eigenvalue weighted by Gasteiger charge is -2.08. The molecule has 0 spiro atoms. The van der Waals surface area contributed by atoms with Gasteiger partial charge in [-0.25, -0.2) is 23.5 Å². The molecule has 8 nitrogen and oxygen atoms in total. The van der Waals surface area contributed by atoms with Crippen LogP contribution in [0.4, 0.5) is 5.95 Å². The molecule has 0 radical (unpaired) electrons. The first-order valence-corrected chi connectivity index (χ1v) is 10.2. The average molecular weight is 394 g/mol. The summed E-state index contributed by atoms with van der Waals surface area (Å²) in [6.45, 7) is 0.688. The zero-order valence-corrected chi connectivity index (χ0v) is 15.7. The van der Waals surface area contributed by atoms with Gasteiger partial charge < -0.3 is 5.32 Å². The van der Waals surface area contributed by atoms with Gasteiger partial charge in [-0.05, 0) is 36.2 Å². The lowest BCUT2D eigenvalue weighted by atomic mass is 10.1. The van der Waals surface area contributed by atoms with Gasteiger partial charge in [-0.2, -0.15) is 4.98 Å². The first kappa shape index (κ1) is 18.1. The molecule has 0 unspecified atom stereocenters. The van der Waals surface area contributed by atoms with Crippen molar-refractivity contribution < 1.29 is 8.42 Å². The molecule has 0 atom stereocenters.